The standard InChI is InChI=1S/C13H21N3OS/c1-9(12(17)16-6-2-3-7-16)15-13-14-8-11(18-13)10-4-5-10/h9-11H,2-8H2,1H3,(H,14,15). The Kier molecular flexibility index (Phi) is 3.50. The highest BCUT2D eigenvalue weighted by molar-refractivity contribution is 8.14. The van der Waals surface area contributed by atoms with Crippen LogP contribution < -0.4 is 5.32 Å². The summed E-state index contributed by atoms with van der Waals surface area (Å²) in [6.07, 6.45) is 5.03. The molecule has 3 aliphatic rings. The van der Waals surface area contributed by atoms with Crippen LogP contribution in [0.2, 0.25) is 0 Å². The van der Waals surface area contributed by atoms with Crippen molar-refractivity contribution in [1.82, 2.24) is 10.2 Å². The number of nitrogens with zero attached hydrogens (tertiary/aromatic N) is 2. The van der Waals surface area contributed by atoms with Gasteiger partial charge in [-0.2, -0.15) is 0 Å². The van der Waals surface area contributed by atoms with E-state index in [-0.39, 0.29) is 11.9 Å². The third-order valence-corrected chi connectivity index (χ3v) is 5.26. The van der Waals surface area contributed by atoms with Gasteiger partial charge in [0.1, 0.15) is 6.04 Å². The van der Waals surface area contributed by atoms with Crippen molar-refractivity contribution in [2.75, 3.05) is 19.6 Å². The van der Waals surface area contributed by atoms with Crippen LogP contribution in [0.25, 0.3) is 0 Å². The lowest BCUT2D eigenvalue weighted by atomic mass is 10.3. The van der Waals surface area contributed by atoms with Gasteiger partial charge in [-0.05, 0) is 38.5 Å². The molecule has 1 aliphatic carbocycles. The van der Waals surface area contributed by atoms with Crippen LogP contribution in [0.1, 0.15) is 32.6 Å². The lowest BCUT2D eigenvalue weighted by molar-refractivity contribution is -0.131. The van der Waals surface area contributed by atoms with Gasteiger partial charge in [-0.3, -0.25) is 9.79 Å². The van der Waals surface area contributed by atoms with Crippen LogP contribution >= 0.6 is 11.8 Å². The third kappa shape index (κ3) is 2.66. The number of nitrogens with one attached hydrogen (secondary N) is 1. The molecular weight excluding hydrogens is 246 g/mol. The Morgan fingerprint density at radius 2 is 2.17 bits per heavy atom. The minimum atomic E-state index is -0.132. The van der Waals surface area contributed by atoms with Crippen LogP contribution in [0.15, 0.2) is 4.99 Å². The van der Waals surface area contributed by atoms with Crippen molar-refractivity contribution < 1.29 is 4.79 Å². The zero-order valence-corrected chi connectivity index (χ0v) is 11.7. The fourth-order valence-electron chi connectivity index (χ4n) is 2.64. The normalized spacial score (nSPS) is 29.3. The first-order valence-corrected chi connectivity index (χ1v) is 7.88. The molecule has 2 heterocycles. The van der Waals surface area contributed by atoms with Crippen LogP contribution in [0, 0.1) is 5.92 Å². The molecule has 5 heteroatoms. The Morgan fingerprint density at radius 3 is 2.83 bits per heavy atom. The molecule has 2 atom stereocenters. The first-order chi connectivity index (χ1) is 8.74. The predicted octanol–water partition coefficient (Wildman–Crippen LogP) is 1.47. The summed E-state index contributed by atoms with van der Waals surface area (Å²) in [5.41, 5.74) is 0. The minimum absolute atomic E-state index is 0.132. The Hall–Kier alpha value is -0.710. The number of likely N-dealkylation sites (tertiary alicyclic amines) is 1. The first kappa shape index (κ1) is 12.3. The molecule has 2 aliphatic heterocycles. The number of hydrogen-bond acceptors (Lipinski definition) is 4. The van der Waals surface area contributed by atoms with E-state index in [0.717, 1.165) is 43.6 Å². The second-order valence-electron chi connectivity index (χ2n) is 5.54. The third-order valence-electron chi connectivity index (χ3n) is 3.95. The van der Waals surface area contributed by atoms with E-state index in [1.807, 2.05) is 23.6 Å². The van der Waals surface area contributed by atoms with Gasteiger partial charge in [0.2, 0.25) is 5.91 Å². The fourth-order valence-corrected chi connectivity index (χ4v) is 3.94. The van der Waals surface area contributed by atoms with E-state index in [2.05, 4.69) is 10.3 Å². The highest BCUT2D eigenvalue weighted by Crippen LogP contribution is 2.41. The molecular formula is C13H21N3OS. The summed E-state index contributed by atoms with van der Waals surface area (Å²) in [6, 6.07) is -0.132. The minimum Gasteiger partial charge on any atom is -0.353 e. The molecule has 4 nitrogen and oxygen atoms in total. The molecule has 18 heavy (non-hydrogen) atoms. The molecule has 0 radical (unpaired) electrons. The van der Waals surface area contributed by atoms with Crippen molar-refractivity contribution in [3.05, 3.63) is 0 Å². The molecule has 1 saturated carbocycles. The lowest BCUT2D eigenvalue weighted by Crippen LogP contribution is -2.45. The van der Waals surface area contributed by atoms with Crippen molar-refractivity contribution in [1.29, 1.82) is 0 Å². The van der Waals surface area contributed by atoms with Crippen molar-refractivity contribution in [3.8, 4) is 0 Å². The van der Waals surface area contributed by atoms with Crippen LogP contribution in [0.3, 0.4) is 0 Å². The van der Waals surface area contributed by atoms with E-state index >= 15 is 0 Å². The molecule has 0 aromatic carbocycles. The van der Waals surface area contributed by atoms with Gasteiger partial charge in [0.05, 0.1) is 6.54 Å². The van der Waals surface area contributed by atoms with Gasteiger partial charge in [-0.1, -0.05) is 11.8 Å². The monoisotopic (exact) mass is 267 g/mol. The van der Waals surface area contributed by atoms with E-state index in [1.165, 1.54) is 12.8 Å². The molecule has 0 aromatic heterocycles. The van der Waals surface area contributed by atoms with Gasteiger partial charge in [0.25, 0.3) is 0 Å². The average Bonchev–Trinajstić information content (AvgIpc) is 2.91. The van der Waals surface area contributed by atoms with Crippen LogP contribution in [-0.2, 0) is 4.79 Å². The number of hydrogen-bond donors (Lipinski definition) is 1. The summed E-state index contributed by atoms with van der Waals surface area (Å²) >= 11 is 1.84. The lowest BCUT2D eigenvalue weighted by Gasteiger charge is -2.21. The van der Waals surface area contributed by atoms with Crippen molar-refractivity contribution in [3.63, 3.8) is 0 Å². The van der Waals surface area contributed by atoms with Crippen molar-refractivity contribution in [2.45, 2.75) is 43.9 Å². The second kappa shape index (κ2) is 5.11. The topological polar surface area (TPSA) is 44.7 Å². The van der Waals surface area contributed by atoms with Gasteiger partial charge in [0, 0.05) is 18.3 Å². The molecule has 2 unspecified atom stereocenters. The highest BCUT2D eigenvalue weighted by atomic mass is 32.2. The fraction of sp³-hybridized carbons (Fsp3) is 0.846. The molecule has 0 bridgehead atoms. The summed E-state index contributed by atoms with van der Waals surface area (Å²) in [6.45, 7) is 4.74. The molecule has 1 saturated heterocycles. The van der Waals surface area contributed by atoms with E-state index in [1.54, 1.807) is 0 Å². The Balaban J connectivity index is 1.48. The first-order valence-electron chi connectivity index (χ1n) is 7.00. The van der Waals surface area contributed by atoms with Crippen LogP contribution in [0.5, 0.6) is 0 Å². The number of rotatable bonds is 3. The number of amidine groups is 1. The Bertz CT molecular complexity index is 361. The molecule has 3 rings (SSSR count). The number of carbonyl (C=O) groups excluding carboxylic acids is 1. The average molecular weight is 267 g/mol. The number of thioether (sulfide) groups is 1. The summed E-state index contributed by atoms with van der Waals surface area (Å²) in [5, 5.41) is 4.94. The Morgan fingerprint density at radius 1 is 1.44 bits per heavy atom. The highest BCUT2D eigenvalue weighted by Gasteiger charge is 2.36. The van der Waals surface area contributed by atoms with Crippen molar-refractivity contribution >= 4 is 22.8 Å². The van der Waals surface area contributed by atoms with E-state index < -0.39 is 0 Å². The van der Waals surface area contributed by atoms with Gasteiger partial charge in [0.15, 0.2) is 5.17 Å². The zero-order chi connectivity index (χ0) is 12.5. The molecule has 0 aromatic rings. The van der Waals surface area contributed by atoms with Gasteiger partial charge in [-0.15, -0.1) is 0 Å². The van der Waals surface area contributed by atoms with E-state index in [4.69, 9.17) is 0 Å². The largest absolute Gasteiger partial charge is 0.353 e. The summed E-state index contributed by atoms with van der Waals surface area (Å²) in [5.74, 6) is 1.10. The van der Waals surface area contributed by atoms with Crippen molar-refractivity contribution in [2.24, 2.45) is 10.9 Å². The maximum absolute atomic E-state index is 12.2. The summed E-state index contributed by atoms with van der Waals surface area (Å²) < 4.78 is 0. The summed E-state index contributed by atoms with van der Waals surface area (Å²) in [4.78, 5) is 18.7. The number of carbonyl (C=O) groups is 1. The molecule has 1 amide bonds. The predicted molar refractivity (Wildman–Crippen MR) is 74.8 cm³/mol. The van der Waals surface area contributed by atoms with Gasteiger partial charge >= 0.3 is 0 Å². The smallest absolute Gasteiger partial charge is 0.244 e. The Labute approximate surface area is 113 Å². The van der Waals surface area contributed by atoms with Crippen LogP contribution in [-0.4, -0.2) is 46.9 Å². The number of aliphatic imine (C=N–C) groups is 1. The van der Waals surface area contributed by atoms with E-state index in [0.29, 0.717) is 5.25 Å². The maximum atomic E-state index is 12.2. The SMILES string of the molecule is CC(NC1=NCC(C2CC2)S1)C(=O)N1CCCC1. The molecule has 100 valence electrons. The van der Waals surface area contributed by atoms with Crippen LogP contribution in [0.4, 0.5) is 0 Å². The quantitative estimate of drug-likeness (QED) is 0.842. The summed E-state index contributed by atoms with van der Waals surface area (Å²) in [7, 11) is 0. The molecule has 0 spiro atoms. The molecule has 2 fully saturated rings. The van der Waals surface area contributed by atoms with E-state index in [9.17, 15) is 4.79 Å². The zero-order valence-electron chi connectivity index (χ0n) is 10.9. The maximum Gasteiger partial charge on any atom is 0.244 e. The molecule has 1 N–H and O–H groups in total. The number of amides is 1. The van der Waals surface area contributed by atoms with Gasteiger partial charge in [-0.25, -0.2) is 0 Å². The second-order valence-corrected chi connectivity index (χ2v) is 6.77. The van der Waals surface area contributed by atoms with Gasteiger partial charge < -0.3 is 10.2 Å².